The van der Waals surface area contributed by atoms with Crippen molar-refractivity contribution in [2.24, 2.45) is 0 Å². The standard InChI is InChI=1S/C26H19FN2O4/c1-32-19-12-6-16(7-13-19)14-15-29-24(17-8-10-18(27)11-9-17)28-25-22(26(29)31)23(30)20-4-2-3-5-21(20)33-25/h2-13H,14-15H2,1H3. The van der Waals surface area contributed by atoms with E-state index in [1.807, 2.05) is 24.3 Å². The Kier molecular flexibility index (Phi) is 5.22. The number of fused-ring (bicyclic) bond motifs is 2. The maximum atomic E-state index is 13.5. The number of methoxy groups -OCH3 is 1. The van der Waals surface area contributed by atoms with E-state index in [2.05, 4.69) is 4.98 Å². The molecule has 0 saturated carbocycles. The quantitative estimate of drug-likeness (QED) is 0.373. The fourth-order valence-corrected chi connectivity index (χ4v) is 3.85. The second-order valence-electron chi connectivity index (χ2n) is 7.60. The lowest BCUT2D eigenvalue weighted by molar-refractivity contribution is 0.414. The van der Waals surface area contributed by atoms with Crippen LogP contribution in [-0.2, 0) is 13.0 Å². The molecule has 0 N–H and O–H groups in total. The number of nitrogens with zero attached hydrogens (tertiary/aromatic N) is 2. The number of para-hydroxylation sites is 1. The number of halogens is 1. The van der Waals surface area contributed by atoms with Crippen LogP contribution < -0.4 is 15.7 Å². The number of hydrogen-bond acceptors (Lipinski definition) is 5. The zero-order chi connectivity index (χ0) is 22.9. The molecular formula is C26H19FN2O4. The molecule has 0 aliphatic heterocycles. The van der Waals surface area contributed by atoms with Gasteiger partial charge in [0.25, 0.3) is 5.56 Å². The van der Waals surface area contributed by atoms with E-state index < -0.39 is 16.8 Å². The van der Waals surface area contributed by atoms with E-state index >= 15 is 0 Å². The molecule has 0 bridgehead atoms. The molecule has 3 aromatic carbocycles. The summed E-state index contributed by atoms with van der Waals surface area (Å²) in [6.07, 6.45) is 0.518. The number of rotatable bonds is 5. The predicted molar refractivity (Wildman–Crippen MR) is 124 cm³/mol. The molecule has 0 amide bonds. The molecule has 0 radical (unpaired) electrons. The molecule has 2 aromatic heterocycles. The Bertz CT molecular complexity index is 1590. The Morgan fingerprint density at radius 3 is 2.42 bits per heavy atom. The van der Waals surface area contributed by atoms with Crippen molar-refractivity contribution in [1.82, 2.24) is 9.55 Å². The highest BCUT2D eigenvalue weighted by molar-refractivity contribution is 5.88. The van der Waals surface area contributed by atoms with Crippen LogP contribution in [0.1, 0.15) is 5.56 Å². The second-order valence-corrected chi connectivity index (χ2v) is 7.60. The monoisotopic (exact) mass is 442 g/mol. The van der Waals surface area contributed by atoms with Gasteiger partial charge in [-0.3, -0.25) is 14.2 Å². The van der Waals surface area contributed by atoms with Gasteiger partial charge in [-0.05, 0) is 60.5 Å². The maximum Gasteiger partial charge on any atom is 0.269 e. The summed E-state index contributed by atoms with van der Waals surface area (Å²) in [7, 11) is 1.60. The van der Waals surface area contributed by atoms with Crippen LogP contribution in [0, 0.1) is 5.82 Å². The molecule has 5 aromatic rings. The average Bonchev–Trinajstić information content (AvgIpc) is 2.84. The molecule has 0 aliphatic carbocycles. The molecule has 5 rings (SSSR count). The third-order valence-corrected chi connectivity index (χ3v) is 5.59. The Hall–Kier alpha value is -4.26. The fraction of sp³-hybridized carbons (Fsp3) is 0.115. The molecule has 0 saturated heterocycles. The molecule has 6 nitrogen and oxygen atoms in total. The summed E-state index contributed by atoms with van der Waals surface area (Å²) in [4.78, 5) is 31.2. The summed E-state index contributed by atoms with van der Waals surface area (Å²) in [6, 6.07) is 20.0. The first-order valence-electron chi connectivity index (χ1n) is 10.4. The third kappa shape index (κ3) is 3.78. The Morgan fingerprint density at radius 2 is 1.70 bits per heavy atom. The minimum atomic E-state index is -0.493. The van der Waals surface area contributed by atoms with E-state index in [0.717, 1.165) is 11.3 Å². The van der Waals surface area contributed by atoms with Crippen LogP contribution in [0.5, 0.6) is 5.75 Å². The van der Waals surface area contributed by atoms with Gasteiger partial charge in [0.05, 0.1) is 12.5 Å². The van der Waals surface area contributed by atoms with E-state index in [4.69, 9.17) is 9.15 Å². The van der Waals surface area contributed by atoms with Gasteiger partial charge in [-0.2, -0.15) is 4.98 Å². The first-order valence-corrected chi connectivity index (χ1v) is 10.4. The molecule has 0 fully saturated rings. The lowest BCUT2D eigenvalue weighted by Crippen LogP contribution is -2.28. The second kappa shape index (κ2) is 8.35. The molecule has 33 heavy (non-hydrogen) atoms. The fourth-order valence-electron chi connectivity index (χ4n) is 3.85. The summed E-state index contributed by atoms with van der Waals surface area (Å²) in [5.74, 6) is 0.642. The average molecular weight is 442 g/mol. The van der Waals surface area contributed by atoms with Crippen LogP contribution in [0.2, 0.25) is 0 Å². The summed E-state index contributed by atoms with van der Waals surface area (Å²) < 4.78 is 26.0. The van der Waals surface area contributed by atoms with Crippen LogP contribution in [0.3, 0.4) is 0 Å². The highest BCUT2D eigenvalue weighted by Gasteiger charge is 2.19. The SMILES string of the molecule is COc1ccc(CCn2c(-c3ccc(F)cc3)nc3oc4ccccc4c(=O)c3c2=O)cc1. The van der Waals surface area contributed by atoms with Gasteiger partial charge in [0.1, 0.15) is 23.0 Å². The third-order valence-electron chi connectivity index (χ3n) is 5.59. The highest BCUT2D eigenvalue weighted by Crippen LogP contribution is 2.22. The Labute approximate surface area is 187 Å². The van der Waals surface area contributed by atoms with Crippen molar-refractivity contribution in [1.29, 1.82) is 0 Å². The minimum absolute atomic E-state index is 0.0382. The normalized spacial score (nSPS) is 11.2. The zero-order valence-corrected chi connectivity index (χ0v) is 17.7. The van der Waals surface area contributed by atoms with Crippen molar-refractivity contribution in [3.05, 3.63) is 105 Å². The lowest BCUT2D eigenvalue weighted by atomic mass is 10.1. The van der Waals surface area contributed by atoms with Crippen molar-refractivity contribution in [2.75, 3.05) is 7.11 Å². The smallest absolute Gasteiger partial charge is 0.269 e. The highest BCUT2D eigenvalue weighted by atomic mass is 19.1. The molecule has 0 unspecified atom stereocenters. The van der Waals surface area contributed by atoms with Crippen molar-refractivity contribution in [3.63, 3.8) is 0 Å². The molecular weight excluding hydrogens is 423 g/mol. The van der Waals surface area contributed by atoms with Gasteiger partial charge < -0.3 is 9.15 Å². The minimum Gasteiger partial charge on any atom is -0.497 e. The van der Waals surface area contributed by atoms with Crippen LogP contribution in [0.4, 0.5) is 4.39 Å². The summed E-state index contributed by atoms with van der Waals surface area (Å²) >= 11 is 0. The number of benzene rings is 3. The molecule has 0 aliphatic rings. The van der Waals surface area contributed by atoms with Crippen LogP contribution >= 0.6 is 0 Å². The molecule has 0 spiro atoms. The topological polar surface area (TPSA) is 74.3 Å². The van der Waals surface area contributed by atoms with Gasteiger partial charge >= 0.3 is 0 Å². The summed E-state index contributed by atoms with van der Waals surface area (Å²) in [6.45, 7) is 0.271. The molecule has 7 heteroatoms. The Morgan fingerprint density at radius 1 is 0.970 bits per heavy atom. The van der Waals surface area contributed by atoms with Gasteiger partial charge in [0.2, 0.25) is 11.1 Å². The van der Waals surface area contributed by atoms with E-state index in [1.54, 1.807) is 43.5 Å². The molecule has 164 valence electrons. The van der Waals surface area contributed by atoms with Gasteiger partial charge in [0, 0.05) is 12.1 Å². The predicted octanol–water partition coefficient (Wildman–Crippen LogP) is 4.56. The Balaban J connectivity index is 1.70. The van der Waals surface area contributed by atoms with E-state index in [-0.39, 0.29) is 17.6 Å². The first-order chi connectivity index (χ1) is 16.0. The summed E-state index contributed by atoms with van der Waals surface area (Å²) in [5, 5.41) is 0.217. The lowest BCUT2D eigenvalue weighted by Gasteiger charge is -2.14. The number of ether oxygens (including phenoxy) is 1. The van der Waals surface area contributed by atoms with Crippen LogP contribution in [-0.4, -0.2) is 16.7 Å². The van der Waals surface area contributed by atoms with Crippen molar-refractivity contribution >= 4 is 22.1 Å². The number of aryl methyl sites for hydroxylation is 1. The molecule has 2 heterocycles. The van der Waals surface area contributed by atoms with Gasteiger partial charge in [-0.25, -0.2) is 4.39 Å². The van der Waals surface area contributed by atoms with Crippen molar-refractivity contribution < 1.29 is 13.5 Å². The van der Waals surface area contributed by atoms with Gasteiger partial charge in [-0.1, -0.05) is 24.3 Å². The first kappa shape index (κ1) is 20.6. The number of hydrogen-bond donors (Lipinski definition) is 0. The maximum absolute atomic E-state index is 13.5. The number of aromatic nitrogens is 2. The van der Waals surface area contributed by atoms with Crippen LogP contribution in [0.15, 0.2) is 86.8 Å². The van der Waals surface area contributed by atoms with Crippen molar-refractivity contribution in [2.45, 2.75) is 13.0 Å². The van der Waals surface area contributed by atoms with Crippen LogP contribution in [0.25, 0.3) is 33.5 Å². The molecule has 0 atom stereocenters. The van der Waals surface area contributed by atoms with Gasteiger partial charge in [-0.15, -0.1) is 0 Å². The van der Waals surface area contributed by atoms with E-state index in [0.29, 0.717) is 28.8 Å². The largest absolute Gasteiger partial charge is 0.497 e. The van der Waals surface area contributed by atoms with Crippen molar-refractivity contribution in [3.8, 4) is 17.1 Å². The van der Waals surface area contributed by atoms with E-state index in [9.17, 15) is 14.0 Å². The zero-order valence-electron chi connectivity index (χ0n) is 17.7. The summed E-state index contributed by atoms with van der Waals surface area (Å²) in [5.41, 5.74) is 0.923. The van der Waals surface area contributed by atoms with Gasteiger partial charge in [0.15, 0.2) is 5.39 Å². The van der Waals surface area contributed by atoms with E-state index in [1.165, 1.54) is 16.7 Å².